The summed E-state index contributed by atoms with van der Waals surface area (Å²) in [6.45, 7) is 3.28. The average Bonchev–Trinajstić information content (AvgIpc) is 2.86. The highest BCUT2D eigenvalue weighted by atomic mass is 35.6. The van der Waals surface area contributed by atoms with Crippen molar-refractivity contribution in [3.63, 3.8) is 0 Å². The number of ether oxygens (including phenoxy) is 1. The van der Waals surface area contributed by atoms with E-state index >= 15 is 0 Å². The average molecular weight is 466 g/mol. The second kappa shape index (κ2) is 7.94. The summed E-state index contributed by atoms with van der Waals surface area (Å²) in [6, 6.07) is 7.77. The molecule has 10 heteroatoms. The van der Waals surface area contributed by atoms with Crippen LogP contribution in [0.5, 0.6) is 0 Å². The zero-order chi connectivity index (χ0) is 20.7. The molecule has 28 heavy (non-hydrogen) atoms. The van der Waals surface area contributed by atoms with E-state index in [4.69, 9.17) is 39.5 Å². The van der Waals surface area contributed by atoms with Gasteiger partial charge in [0.15, 0.2) is 0 Å². The van der Waals surface area contributed by atoms with Gasteiger partial charge in [-0.15, -0.1) is 11.8 Å². The van der Waals surface area contributed by atoms with Crippen molar-refractivity contribution in [2.75, 3.05) is 6.61 Å². The van der Waals surface area contributed by atoms with Crippen molar-refractivity contribution in [3.8, 4) is 0 Å². The summed E-state index contributed by atoms with van der Waals surface area (Å²) in [4.78, 5) is 38.9. The van der Waals surface area contributed by atoms with E-state index < -0.39 is 33.2 Å². The van der Waals surface area contributed by atoms with Gasteiger partial charge in [-0.2, -0.15) is 0 Å². The van der Waals surface area contributed by atoms with Crippen LogP contribution in [-0.4, -0.2) is 55.3 Å². The van der Waals surface area contributed by atoms with E-state index in [-0.39, 0.29) is 23.6 Å². The maximum absolute atomic E-state index is 12.6. The number of amides is 2. The molecular weight excluding hydrogens is 447 g/mol. The van der Waals surface area contributed by atoms with Gasteiger partial charge in [0.25, 0.3) is 0 Å². The lowest BCUT2D eigenvalue weighted by molar-refractivity contribution is -0.164. The molecule has 2 heterocycles. The normalized spacial score (nSPS) is 25.7. The van der Waals surface area contributed by atoms with Gasteiger partial charge in [0.2, 0.25) is 15.6 Å². The molecule has 152 valence electrons. The fourth-order valence-electron chi connectivity index (χ4n) is 3.36. The first-order chi connectivity index (χ1) is 13.0. The SMILES string of the molecule is CC1(C)SC2C(NC(=O)Cc3ccccc3)C(=O)N2C1C(=O)OCC(Cl)(Cl)Cl. The lowest BCUT2D eigenvalue weighted by Crippen LogP contribution is -2.70. The Morgan fingerprint density at radius 2 is 1.89 bits per heavy atom. The van der Waals surface area contributed by atoms with E-state index in [0.717, 1.165) is 5.56 Å². The molecule has 0 bridgehead atoms. The number of alkyl halides is 3. The molecule has 3 unspecified atom stereocenters. The van der Waals surface area contributed by atoms with E-state index in [1.807, 2.05) is 44.2 Å². The Kier molecular flexibility index (Phi) is 6.11. The molecule has 0 aliphatic carbocycles. The fraction of sp³-hybridized carbons (Fsp3) is 0.500. The number of hydrogen-bond acceptors (Lipinski definition) is 5. The molecule has 2 aliphatic rings. The maximum atomic E-state index is 12.6. The Morgan fingerprint density at radius 3 is 2.50 bits per heavy atom. The van der Waals surface area contributed by atoms with Gasteiger partial charge in [0.05, 0.1) is 6.42 Å². The summed E-state index contributed by atoms with van der Waals surface area (Å²) in [6.07, 6.45) is 0.181. The summed E-state index contributed by atoms with van der Waals surface area (Å²) < 4.78 is 2.76. The number of benzene rings is 1. The van der Waals surface area contributed by atoms with Crippen LogP contribution in [-0.2, 0) is 25.5 Å². The molecule has 1 aromatic rings. The highest BCUT2D eigenvalue weighted by Crippen LogP contribution is 2.51. The van der Waals surface area contributed by atoms with E-state index in [1.54, 1.807) is 0 Å². The summed E-state index contributed by atoms with van der Waals surface area (Å²) in [5.74, 6) is -1.20. The summed E-state index contributed by atoms with van der Waals surface area (Å²) in [5, 5.41) is 2.43. The third-order valence-corrected chi connectivity index (χ3v) is 6.47. The second-order valence-electron chi connectivity index (χ2n) is 7.19. The van der Waals surface area contributed by atoms with Crippen LogP contribution in [0.1, 0.15) is 19.4 Å². The van der Waals surface area contributed by atoms with Gasteiger partial charge in [-0.25, -0.2) is 4.79 Å². The Bertz CT molecular complexity index is 785. The maximum Gasteiger partial charge on any atom is 0.330 e. The Hall–Kier alpha value is -1.15. The number of halogens is 3. The molecule has 0 radical (unpaired) electrons. The van der Waals surface area contributed by atoms with Crippen molar-refractivity contribution < 1.29 is 19.1 Å². The summed E-state index contributed by atoms with van der Waals surface area (Å²) in [7, 11) is 0. The van der Waals surface area contributed by atoms with Gasteiger partial charge in [0, 0.05) is 4.75 Å². The first-order valence-corrected chi connectivity index (χ1v) is 10.6. The van der Waals surface area contributed by atoms with Gasteiger partial charge in [0.1, 0.15) is 24.1 Å². The highest BCUT2D eigenvalue weighted by molar-refractivity contribution is 8.01. The molecule has 2 saturated heterocycles. The minimum Gasteiger partial charge on any atom is -0.460 e. The van der Waals surface area contributed by atoms with Gasteiger partial charge in [-0.05, 0) is 19.4 Å². The van der Waals surface area contributed by atoms with Crippen LogP contribution in [0.25, 0.3) is 0 Å². The molecule has 2 amide bonds. The number of esters is 1. The fourth-order valence-corrected chi connectivity index (χ4v) is 5.15. The van der Waals surface area contributed by atoms with Gasteiger partial charge in [-0.3, -0.25) is 9.59 Å². The zero-order valence-electron chi connectivity index (χ0n) is 15.2. The lowest BCUT2D eigenvalue weighted by Gasteiger charge is -2.44. The van der Waals surface area contributed by atoms with Crippen molar-refractivity contribution in [2.45, 2.75) is 46.3 Å². The minimum atomic E-state index is -1.72. The molecule has 0 aromatic heterocycles. The Morgan fingerprint density at radius 1 is 1.25 bits per heavy atom. The Balaban J connectivity index is 1.64. The smallest absolute Gasteiger partial charge is 0.330 e. The standard InChI is InChI=1S/C18H19Cl3N2O4S/c1-17(2)13(16(26)27-9-18(19,20)21)23-14(25)12(15(23)28-17)22-11(24)8-10-6-4-3-5-7-10/h3-7,12-13,15H,8-9H2,1-2H3,(H,22,24). The van der Waals surface area contributed by atoms with Crippen LogP contribution >= 0.6 is 46.6 Å². The number of β-lactam (4-membered cyclic amide) rings is 1. The van der Waals surface area contributed by atoms with Crippen molar-refractivity contribution in [1.29, 1.82) is 0 Å². The molecule has 0 spiro atoms. The van der Waals surface area contributed by atoms with Crippen molar-refractivity contribution in [1.82, 2.24) is 10.2 Å². The molecule has 3 rings (SSSR count). The number of fused-ring (bicyclic) bond motifs is 1. The predicted molar refractivity (Wildman–Crippen MR) is 109 cm³/mol. The van der Waals surface area contributed by atoms with Crippen LogP contribution in [0.15, 0.2) is 30.3 Å². The molecule has 6 nitrogen and oxygen atoms in total. The Labute approximate surface area is 182 Å². The quantitative estimate of drug-likeness (QED) is 0.411. The molecule has 1 N–H and O–H groups in total. The van der Waals surface area contributed by atoms with Gasteiger partial charge in [-0.1, -0.05) is 65.1 Å². The van der Waals surface area contributed by atoms with Crippen molar-refractivity contribution in [3.05, 3.63) is 35.9 Å². The van der Waals surface area contributed by atoms with Gasteiger partial charge >= 0.3 is 5.97 Å². The molecule has 2 aliphatic heterocycles. The third-order valence-electron chi connectivity index (χ3n) is 4.57. The number of rotatable bonds is 5. The monoisotopic (exact) mass is 464 g/mol. The number of thioether (sulfide) groups is 1. The number of hydrogen-bond donors (Lipinski definition) is 1. The molecule has 2 fully saturated rings. The van der Waals surface area contributed by atoms with Crippen LogP contribution in [0.3, 0.4) is 0 Å². The number of nitrogens with zero attached hydrogens (tertiary/aromatic N) is 1. The second-order valence-corrected chi connectivity index (χ2v) is 11.5. The zero-order valence-corrected chi connectivity index (χ0v) is 18.2. The first kappa shape index (κ1) is 21.6. The molecule has 1 aromatic carbocycles. The summed E-state index contributed by atoms with van der Waals surface area (Å²) in [5.41, 5.74) is 0.858. The van der Waals surface area contributed by atoms with E-state index in [1.165, 1.54) is 16.7 Å². The number of carbonyl (C=O) groups is 3. The van der Waals surface area contributed by atoms with Crippen LogP contribution in [0.2, 0.25) is 0 Å². The largest absolute Gasteiger partial charge is 0.460 e. The van der Waals surface area contributed by atoms with E-state index in [2.05, 4.69) is 5.32 Å². The van der Waals surface area contributed by atoms with Gasteiger partial charge < -0.3 is 15.0 Å². The topological polar surface area (TPSA) is 75.7 Å². The van der Waals surface area contributed by atoms with Crippen molar-refractivity contribution >= 4 is 64.3 Å². The first-order valence-electron chi connectivity index (χ1n) is 8.56. The highest BCUT2D eigenvalue weighted by Gasteiger charge is 2.64. The summed E-state index contributed by atoms with van der Waals surface area (Å²) >= 11 is 18.3. The van der Waals surface area contributed by atoms with Crippen LogP contribution < -0.4 is 5.32 Å². The number of carbonyl (C=O) groups excluding carboxylic acids is 3. The predicted octanol–water partition coefficient (Wildman–Crippen LogP) is 2.69. The van der Waals surface area contributed by atoms with E-state index in [0.29, 0.717) is 0 Å². The molecule has 0 saturated carbocycles. The number of nitrogens with one attached hydrogen (secondary N) is 1. The molecular formula is C18H19Cl3N2O4S. The third kappa shape index (κ3) is 4.53. The van der Waals surface area contributed by atoms with Crippen molar-refractivity contribution in [2.24, 2.45) is 0 Å². The van der Waals surface area contributed by atoms with Crippen LogP contribution in [0, 0.1) is 0 Å². The van der Waals surface area contributed by atoms with E-state index in [9.17, 15) is 14.4 Å². The van der Waals surface area contributed by atoms with Crippen LogP contribution in [0.4, 0.5) is 0 Å². The molecule has 3 atom stereocenters. The minimum absolute atomic E-state index is 0.181. The lowest BCUT2D eigenvalue weighted by atomic mass is 9.96.